The van der Waals surface area contributed by atoms with Crippen LogP contribution in [0.1, 0.15) is 22.7 Å². The summed E-state index contributed by atoms with van der Waals surface area (Å²) in [4.78, 5) is 2.37. The van der Waals surface area contributed by atoms with E-state index in [9.17, 15) is 0 Å². The summed E-state index contributed by atoms with van der Waals surface area (Å²) in [6.45, 7) is 3.96. The molecule has 0 aliphatic carbocycles. The summed E-state index contributed by atoms with van der Waals surface area (Å²) in [6, 6.07) is 17.3. The van der Waals surface area contributed by atoms with E-state index in [1.165, 1.54) is 22.4 Å². The Bertz CT molecular complexity index is 548. The van der Waals surface area contributed by atoms with E-state index in [4.69, 9.17) is 5.73 Å². The van der Waals surface area contributed by atoms with Crippen molar-refractivity contribution in [1.82, 2.24) is 0 Å². The van der Waals surface area contributed by atoms with Gasteiger partial charge in [0.25, 0.3) is 0 Å². The molecule has 0 bridgehead atoms. The van der Waals surface area contributed by atoms with Gasteiger partial charge in [-0.3, -0.25) is 0 Å². The highest BCUT2D eigenvalue weighted by Crippen LogP contribution is 2.34. The molecule has 0 saturated heterocycles. The molecule has 2 aromatic carbocycles. The van der Waals surface area contributed by atoms with Gasteiger partial charge in [-0.15, -0.1) is 0 Å². The molecule has 1 heterocycles. The Labute approximate surface area is 108 Å². The minimum atomic E-state index is 0.142. The summed E-state index contributed by atoms with van der Waals surface area (Å²) >= 11 is 0. The molecule has 0 spiro atoms. The van der Waals surface area contributed by atoms with E-state index in [2.05, 4.69) is 60.4 Å². The fourth-order valence-corrected chi connectivity index (χ4v) is 2.65. The molecular weight excluding hydrogens is 220 g/mol. The van der Waals surface area contributed by atoms with E-state index >= 15 is 0 Å². The van der Waals surface area contributed by atoms with Crippen LogP contribution in [0.3, 0.4) is 0 Å². The van der Waals surface area contributed by atoms with Crippen LogP contribution in [-0.4, -0.2) is 6.54 Å². The van der Waals surface area contributed by atoms with Crippen LogP contribution >= 0.6 is 0 Å². The number of hydrogen-bond donors (Lipinski definition) is 1. The van der Waals surface area contributed by atoms with Gasteiger partial charge in [-0.1, -0.05) is 48.0 Å². The first-order valence-corrected chi connectivity index (χ1v) is 6.39. The van der Waals surface area contributed by atoms with Crippen LogP contribution < -0.4 is 10.6 Å². The zero-order valence-electron chi connectivity index (χ0n) is 10.6. The lowest BCUT2D eigenvalue weighted by molar-refractivity contribution is 0.720. The molecule has 0 amide bonds. The number of fused-ring (bicyclic) bond motifs is 1. The Morgan fingerprint density at radius 2 is 1.94 bits per heavy atom. The van der Waals surface area contributed by atoms with Crippen molar-refractivity contribution in [2.45, 2.75) is 19.5 Å². The predicted octanol–water partition coefficient (Wildman–Crippen LogP) is 3.02. The molecule has 0 unspecified atom stereocenters. The molecule has 18 heavy (non-hydrogen) atoms. The van der Waals surface area contributed by atoms with Gasteiger partial charge in [0.2, 0.25) is 0 Å². The van der Waals surface area contributed by atoms with Gasteiger partial charge >= 0.3 is 0 Å². The van der Waals surface area contributed by atoms with Crippen molar-refractivity contribution >= 4 is 5.69 Å². The number of nitrogens with zero attached hydrogens (tertiary/aromatic N) is 1. The van der Waals surface area contributed by atoms with Gasteiger partial charge in [0.15, 0.2) is 0 Å². The average Bonchev–Trinajstić information content (AvgIpc) is 2.67. The van der Waals surface area contributed by atoms with Crippen LogP contribution in [0.4, 0.5) is 5.69 Å². The molecule has 2 heteroatoms. The second kappa shape index (κ2) is 4.46. The van der Waals surface area contributed by atoms with Crippen molar-refractivity contribution in [2.75, 3.05) is 11.4 Å². The van der Waals surface area contributed by atoms with Crippen molar-refractivity contribution in [1.29, 1.82) is 0 Å². The monoisotopic (exact) mass is 238 g/mol. The third-order valence-corrected chi connectivity index (χ3v) is 3.56. The lowest BCUT2D eigenvalue weighted by atomic mass is 10.1. The number of rotatable bonds is 2. The molecule has 0 radical (unpaired) electrons. The molecule has 2 aromatic rings. The maximum Gasteiger partial charge on any atom is 0.0494 e. The number of hydrogen-bond acceptors (Lipinski definition) is 2. The second-order valence-electron chi connectivity index (χ2n) is 5.03. The zero-order valence-corrected chi connectivity index (χ0v) is 10.6. The fraction of sp³-hybridized carbons (Fsp3) is 0.250. The maximum atomic E-state index is 6.22. The lowest BCUT2D eigenvalue weighted by Crippen LogP contribution is -2.23. The molecule has 2 N–H and O–H groups in total. The molecular formula is C16H18N2. The molecule has 1 atom stereocenters. The normalized spacial score (nSPS) is 17.9. The minimum absolute atomic E-state index is 0.142. The summed E-state index contributed by atoms with van der Waals surface area (Å²) < 4.78 is 0. The first-order valence-electron chi connectivity index (χ1n) is 6.39. The number of anilines is 1. The standard InChI is InChI=1S/C16H18N2/c1-12-7-8-16-14(9-12)15(17)11-18(16)10-13-5-3-2-4-6-13/h2-9,15H,10-11,17H2,1H3/t15-/m1/s1. The first-order chi connectivity index (χ1) is 8.74. The average molecular weight is 238 g/mol. The summed E-state index contributed by atoms with van der Waals surface area (Å²) in [5.41, 5.74) is 11.4. The molecule has 2 nitrogen and oxygen atoms in total. The Hall–Kier alpha value is -1.80. The van der Waals surface area contributed by atoms with Gasteiger partial charge in [-0.05, 0) is 24.1 Å². The van der Waals surface area contributed by atoms with Crippen LogP contribution in [0.25, 0.3) is 0 Å². The van der Waals surface area contributed by atoms with Crippen molar-refractivity contribution in [3.63, 3.8) is 0 Å². The van der Waals surface area contributed by atoms with Gasteiger partial charge in [-0.2, -0.15) is 0 Å². The van der Waals surface area contributed by atoms with E-state index in [0.717, 1.165) is 13.1 Å². The quantitative estimate of drug-likeness (QED) is 0.871. The van der Waals surface area contributed by atoms with Crippen LogP contribution in [-0.2, 0) is 6.54 Å². The Morgan fingerprint density at radius 3 is 2.72 bits per heavy atom. The molecule has 1 aliphatic heterocycles. The largest absolute Gasteiger partial charge is 0.365 e. The minimum Gasteiger partial charge on any atom is -0.365 e. The van der Waals surface area contributed by atoms with Gasteiger partial charge in [0.05, 0.1) is 0 Å². The van der Waals surface area contributed by atoms with Crippen molar-refractivity contribution in [2.24, 2.45) is 5.73 Å². The lowest BCUT2D eigenvalue weighted by Gasteiger charge is -2.19. The fourth-order valence-electron chi connectivity index (χ4n) is 2.65. The van der Waals surface area contributed by atoms with Gasteiger partial charge in [0.1, 0.15) is 0 Å². The molecule has 0 saturated carbocycles. The summed E-state index contributed by atoms with van der Waals surface area (Å²) in [5, 5.41) is 0. The van der Waals surface area contributed by atoms with E-state index < -0.39 is 0 Å². The molecule has 0 aromatic heterocycles. The second-order valence-corrected chi connectivity index (χ2v) is 5.03. The van der Waals surface area contributed by atoms with E-state index in [1.807, 2.05) is 0 Å². The predicted molar refractivity (Wildman–Crippen MR) is 75.6 cm³/mol. The highest BCUT2D eigenvalue weighted by molar-refractivity contribution is 5.61. The van der Waals surface area contributed by atoms with Gasteiger partial charge in [-0.25, -0.2) is 0 Å². The smallest absolute Gasteiger partial charge is 0.0494 e. The first kappa shape index (κ1) is 11.3. The highest BCUT2D eigenvalue weighted by atomic mass is 15.2. The Balaban J connectivity index is 1.89. The summed E-state index contributed by atoms with van der Waals surface area (Å²) in [5.74, 6) is 0. The van der Waals surface area contributed by atoms with E-state index in [1.54, 1.807) is 0 Å². The maximum absolute atomic E-state index is 6.22. The van der Waals surface area contributed by atoms with Crippen molar-refractivity contribution < 1.29 is 0 Å². The number of nitrogens with two attached hydrogens (primary N) is 1. The molecule has 1 aliphatic rings. The summed E-state index contributed by atoms with van der Waals surface area (Å²) in [6.07, 6.45) is 0. The SMILES string of the molecule is Cc1ccc2c(c1)[C@H](N)CN2Cc1ccccc1. The number of aryl methyl sites for hydroxylation is 1. The molecule has 0 fully saturated rings. The van der Waals surface area contributed by atoms with Gasteiger partial charge in [0, 0.05) is 24.8 Å². The summed E-state index contributed by atoms with van der Waals surface area (Å²) in [7, 11) is 0. The zero-order chi connectivity index (χ0) is 12.5. The van der Waals surface area contributed by atoms with E-state index in [-0.39, 0.29) is 6.04 Å². The van der Waals surface area contributed by atoms with Crippen molar-refractivity contribution in [3.05, 3.63) is 65.2 Å². The highest BCUT2D eigenvalue weighted by Gasteiger charge is 2.25. The molecule has 3 rings (SSSR count). The van der Waals surface area contributed by atoms with Crippen LogP contribution in [0, 0.1) is 6.92 Å². The van der Waals surface area contributed by atoms with E-state index in [0.29, 0.717) is 0 Å². The Morgan fingerprint density at radius 1 is 1.17 bits per heavy atom. The third kappa shape index (κ3) is 2.00. The van der Waals surface area contributed by atoms with Crippen LogP contribution in [0.5, 0.6) is 0 Å². The third-order valence-electron chi connectivity index (χ3n) is 3.56. The van der Waals surface area contributed by atoms with Crippen LogP contribution in [0.15, 0.2) is 48.5 Å². The topological polar surface area (TPSA) is 29.3 Å². The van der Waals surface area contributed by atoms with Gasteiger partial charge < -0.3 is 10.6 Å². The van der Waals surface area contributed by atoms with Crippen LogP contribution in [0.2, 0.25) is 0 Å². The molecule has 92 valence electrons. The number of benzene rings is 2. The van der Waals surface area contributed by atoms with Crippen molar-refractivity contribution in [3.8, 4) is 0 Å². The Kier molecular flexibility index (Phi) is 2.80.